The summed E-state index contributed by atoms with van der Waals surface area (Å²) in [5.74, 6) is 0. The van der Waals surface area contributed by atoms with E-state index in [4.69, 9.17) is 4.74 Å². The van der Waals surface area contributed by atoms with E-state index in [0.29, 0.717) is 11.0 Å². The largest absolute Gasteiger partial charge is 0.383 e. The molecule has 1 spiro atoms. The number of nitrogens with zero attached hydrogens (tertiary/aromatic N) is 2. The van der Waals surface area contributed by atoms with Gasteiger partial charge in [-0.15, -0.1) is 0 Å². The number of ether oxygens (including phenoxy) is 1. The number of hydrogen-bond acceptors (Lipinski definition) is 3. The van der Waals surface area contributed by atoms with Crippen LogP contribution in [0.1, 0.15) is 27.2 Å². The Hall–Kier alpha value is -0.120. The molecular weight excluding hydrogens is 200 g/mol. The van der Waals surface area contributed by atoms with Crippen LogP contribution >= 0.6 is 0 Å². The normalized spacial score (nSPS) is 26.2. The van der Waals surface area contributed by atoms with Crippen molar-refractivity contribution in [3.05, 3.63) is 0 Å². The van der Waals surface area contributed by atoms with Crippen LogP contribution in [0.25, 0.3) is 0 Å². The topological polar surface area (TPSA) is 15.7 Å². The smallest absolute Gasteiger partial charge is 0.0589 e. The zero-order valence-corrected chi connectivity index (χ0v) is 11.3. The summed E-state index contributed by atoms with van der Waals surface area (Å²) >= 11 is 0. The molecule has 94 valence electrons. The Morgan fingerprint density at radius 3 is 2.38 bits per heavy atom. The predicted octanol–water partition coefficient (Wildman–Crippen LogP) is 1.44. The van der Waals surface area contributed by atoms with Gasteiger partial charge in [-0.05, 0) is 33.7 Å². The number of rotatable bonds is 3. The predicted molar refractivity (Wildman–Crippen MR) is 66.7 cm³/mol. The van der Waals surface area contributed by atoms with Crippen molar-refractivity contribution in [1.82, 2.24) is 9.80 Å². The third kappa shape index (κ3) is 2.41. The molecule has 2 fully saturated rings. The minimum atomic E-state index is 0.344. The molecule has 0 bridgehead atoms. The Morgan fingerprint density at radius 1 is 1.19 bits per heavy atom. The van der Waals surface area contributed by atoms with Gasteiger partial charge in [0.05, 0.1) is 6.61 Å². The minimum Gasteiger partial charge on any atom is -0.383 e. The number of likely N-dealkylation sites (tertiary alicyclic amines) is 2. The first kappa shape index (κ1) is 12.3. The summed E-state index contributed by atoms with van der Waals surface area (Å²) in [7, 11) is 1.78. The summed E-state index contributed by atoms with van der Waals surface area (Å²) in [6, 6.07) is 0. The van der Waals surface area contributed by atoms with Crippen molar-refractivity contribution in [1.29, 1.82) is 0 Å². The van der Waals surface area contributed by atoms with Crippen LogP contribution in [-0.2, 0) is 4.74 Å². The zero-order valence-electron chi connectivity index (χ0n) is 11.3. The van der Waals surface area contributed by atoms with Crippen molar-refractivity contribution in [2.75, 3.05) is 46.4 Å². The molecule has 2 saturated heterocycles. The van der Waals surface area contributed by atoms with E-state index in [-0.39, 0.29) is 0 Å². The van der Waals surface area contributed by atoms with Gasteiger partial charge in [-0.25, -0.2) is 0 Å². The molecule has 0 aromatic rings. The molecule has 2 aliphatic rings. The second kappa shape index (κ2) is 4.28. The lowest BCUT2D eigenvalue weighted by Crippen LogP contribution is -2.58. The second-order valence-corrected chi connectivity index (χ2v) is 6.55. The van der Waals surface area contributed by atoms with E-state index < -0.39 is 0 Å². The molecule has 3 heteroatoms. The first-order valence-electron chi connectivity index (χ1n) is 6.42. The maximum atomic E-state index is 5.12. The van der Waals surface area contributed by atoms with E-state index in [9.17, 15) is 0 Å². The Balaban J connectivity index is 1.78. The van der Waals surface area contributed by atoms with E-state index in [1.807, 2.05) is 0 Å². The van der Waals surface area contributed by atoms with Crippen LogP contribution in [0.15, 0.2) is 0 Å². The average Bonchev–Trinajstić information content (AvgIpc) is 2.56. The highest BCUT2D eigenvalue weighted by atomic mass is 16.5. The summed E-state index contributed by atoms with van der Waals surface area (Å²) in [4.78, 5) is 5.16. The summed E-state index contributed by atoms with van der Waals surface area (Å²) in [5, 5.41) is 0. The van der Waals surface area contributed by atoms with E-state index in [1.165, 1.54) is 32.6 Å². The van der Waals surface area contributed by atoms with Crippen LogP contribution in [0.3, 0.4) is 0 Å². The van der Waals surface area contributed by atoms with Gasteiger partial charge in [0.25, 0.3) is 0 Å². The molecule has 2 rings (SSSR count). The van der Waals surface area contributed by atoms with E-state index >= 15 is 0 Å². The molecule has 0 N–H and O–H groups in total. The molecule has 0 atom stereocenters. The van der Waals surface area contributed by atoms with Crippen LogP contribution in [0.4, 0.5) is 0 Å². The van der Waals surface area contributed by atoms with E-state index in [2.05, 4.69) is 30.6 Å². The molecule has 16 heavy (non-hydrogen) atoms. The number of methoxy groups -OCH3 is 1. The Labute approximate surface area is 99.7 Å². The average molecular weight is 226 g/mol. The van der Waals surface area contributed by atoms with Crippen molar-refractivity contribution in [2.24, 2.45) is 5.41 Å². The molecular formula is C13H26N2O. The monoisotopic (exact) mass is 226 g/mol. The van der Waals surface area contributed by atoms with Gasteiger partial charge >= 0.3 is 0 Å². The van der Waals surface area contributed by atoms with Gasteiger partial charge < -0.3 is 4.74 Å². The van der Waals surface area contributed by atoms with Gasteiger partial charge in [0.1, 0.15) is 0 Å². The van der Waals surface area contributed by atoms with Gasteiger partial charge in [0.2, 0.25) is 0 Å². The van der Waals surface area contributed by atoms with Crippen LogP contribution in [0.2, 0.25) is 0 Å². The highest BCUT2D eigenvalue weighted by Gasteiger charge is 2.48. The number of hydrogen-bond donors (Lipinski definition) is 0. The fraction of sp³-hybridized carbons (Fsp3) is 1.00. The summed E-state index contributed by atoms with van der Waals surface area (Å²) in [6.45, 7) is 14.1. The Kier molecular flexibility index (Phi) is 3.30. The van der Waals surface area contributed by atoms with E-state index in [1.54, 1.807) is 7.11 Å². The molecule has 2 heterocycles. The van der Waals surface area contributed by atoms with Gasteiger partial charge in [0.15, 0.2) is 0 Å². The first-order chi connectivity index (χ1) is 7.45. The van der Waals surface area contributed by atoms with Crippen LogP contribution in [-0.4, -0.2) is 61.8 Å². The quantitative estimate of drug-likeness (QED) is 0.724. The molecule has 0 unspecified atom stereocenters. The van der Waals surface area contributed by atoms with Crippen LogP contribution < -0.4 is 0 Å². The van der Waals surface area contributed by atoms with Gasteiger partial charge in [-0.2, -0.15) is 0 Å². The summed E-state index contributed by atoms with van der Waals surface area (Å²) in [6.07, 6.45) is 1.38. The lowest BCUT2D eigenvalue weighted by molar-refractivity contribution is -0.0127. The van der Waals surface area contributed by atoms with E-state index in [0.717, 1.165) is 13.2 Å². The molecule has 0 radical (unpaired) electrons. The zero-order chi connectivity index (χ0) is 11.8. The fourth-order valence-electron chi connectivity index (χ4n) is 3.05. The van der Waals surface area contributed by atoms with Crippen molar-refractivity contribution in [3.63, 3.8) is 0 Å². The second-order valence-electron chi connectivity index (χ2n) is 6.55. The van der Waals surface area contributed by atoms with Gasteiger partial charge in [0, 0.05) is 44.2 Å². The molecule has 0 aliphatic carbocycles. The maximum absolute atomic E-state index is 5.12. The highest BCUT2D eigenvalue weighted by Crippen LogP contribution is 2.41. The van der Waals surface area contributed by atoms with Crippen molar-refractivity contribution in [3.8, 4) is 0 Å². The van der Waals surface area contributed by atoms with Crippen LogP contribution in [0.5, 0.6) is 0 Å². The fourth-order valence-corrected chi connectivity index (χ4v) is 3.05. The van der Waals surface area contributed by atoms with Gasteiger partial charge in [-0.1, -0.05) is 0 Å². The summed E-state index contributed by atoms with van der Waals surface area (Å²) in [5.41, 5.74) is 0.956. The van der Waals surface area contributed by atoms with Gasteiger partial charge in [-0.3, -0.25) is 9.80 Å². The molecule has 0 aromatic carbocycles. The molecule has 0 aromatic heterocycles. The highest BCUT2D eigenvalue weighted by molar-refractivity contribution is 5.03. The molecule has 2 aliphatic heterocycles. The van der Waals surface area contributed by atoms with Crippen molar-refractivity contribution < 1.29 is 4.74 Å². The lowest BCUT2D eigenvalue weighted by atomic mass is 9.79. The molecule has 3 nitrogen and oxygen atoms in total. The van der Waals surface area contributed by atoms with Crippen molar-refractivity contribution >= 4 is 0 Å². The molecule has 0 amide bonds. The first-order valence-corrected chi connectivity index (χ1v) is 6.42. The van der Waals surface area contributed by atoms with Crippen molar-refractivity contribution in [2.45, 2.75) is 32.7 Å². The SMILES string of the molecule is COCCN1CC2(CCN(C(C)(C)C)C2)C1. The van der Waals surface area contributed by atoms with Crippen LogP contribution in [0, 0.1) is 5.41 Å². The minimum absolute atomic E-state index is 0.344. The third-order valence-corrected chi connectivity index (χ3v) is 4.12. The Morgan fingerprint density at radius 2 is 1.88 bits per heavy atom. The molecule has 0 saturated carbocycles. The summed E-state index contributed by atoms with van der Waals surface area (Å²) < 4.78 is 5.12. The third-order valence-electron chi connectivity index (χ3n) is 4.12. The standard InChI is InChI=1S/C13H26N2O/c1-12(2,3)15-6-5-13(11-15)9-14(10-13)7-8-16-4/h5-11H2,1-4H3. The Bertz CT molecular complexity index is 241. The maximum Gasteiger partial charge on any atom is 0.0589 e. The lowest BCUT2D eigenvalue weighted by Gasteiger charge is -2.49.